The van der Waals surface area contributed by atoms with E-state index in [2.05, 4.69) is 4.98 Å². The second-order valence-electron chi connectivity index (χ2n) is 7.49. The van der Waals surface area contributed by atoms with Crippen molar-refractivity contribution in [3.63, 3.8) is 0 Å². The number of rotatable bonds is 6. The Balaban J connectivity index is 1.70. The van der Waals surface area contributed by atoms with Crippen molar-refractivity contribution >= 4 is 22.4 Å². The molecule has 8 heteroatoms. The highest BCUT2D eigenvalue weighted by Crippen LogP contribution is 2.28. The molecule has 0 unspecified atom stereocenters. The molecule has 2 aromatic carbocycles. The highest BCUT2D eigenvalue weighted by Gasteiger charge is 2.15. The Morgan fingerprint density at radius 1 is 0.939 bits per heavy atom. The molecule has 1 N–H and O–H groups in total. The molecule has 33 heavy (non-hydrogen) atoms. The monoisotopic (exact) mass is 459 g/mol. The van der Waals surface area contributed by atoms with Crippen molar-refractivity contribution in [2.75, 3.05) is 14.2 Å². The van der Waals surface area contributed by atoms with Gasteiger partial charge in [-0.25, -0.2) is 4.79 Å². The van der Waals surface area contributed by atoms with Crippen LogP contribution in [0.2, 0.25) is 0 Å². The smallest absolute Gasteiger partial charge is 0.331 e. The number of fused-ring (bicyclic) bond motifs is 1. The van der Waals surface area contributed by atoms with Gasteiger partial charge < -0.3 is 19.0 Å². The predicted molar refractivity (Wildman–Crippen MR) is 130 cm³/mol. The molecule has 0 atom stereocenters. The number of thiophene rings is 1. The fourth-order valence-corrected chi connectivity index (χ4v) is 4.69. The van der Waals surface area contributed by atoms with E-state index in [4.69, 9.17) is 9.47 Å². The number of H-pyrrole nitrogens is 1. The van der Waals surface area contributed by atoms with Crippen molar-refractivity contribution in [2.45, 2.75) is 6.54 Å². The molecule has 3 heterocycles. The molecule has 0 aliphatic rings. The fourth-order valence-electron chi connectivity index (χ4n) is 3.95. The number of nitrogens with one attached hydrogen (secondary N) is 1. The number of pyridine rings is 1. The second-order valence-corrected chi connectivity index (χ2v) is 8.44. The van der Waals surface area contributed by atoms with E-state index < -0.39 is 0 Å². The summed E-state index contributed by atoms with van der Waals surface area (Å²) in [5.41, 5.74) is 3.11. The van der Waals surface area contributed by atoms with Gasteiger partial charge in [-0.15, -0.1) is 11.3 Å². The van der Waals surface area contributed by atoms with Gasteiger partial charge in [0, 0.05) is 11.1 Å². The topological polar surface area (TPSA) is 78.2 Å². The molecular formula is C25H21N3O4S. The highest BCUT2D eigenvalue weighted by molar-refractivity contribution is 7.13. The van der Waals surface area contributed by atoms with Gasteiger partial charge in [0.05, 0.1) is 43.0 Å². The van der Waals surface area contributed by atoms with E-state index in [1.165, 1.54) is 11.3 Å². The van der Waals surface area contributed by atoms with Crippen LogP contribution in [-0.2, 0) is 6.54 Å². The van der Waals surface area contributed by atoms with Crippen LogP contribution in [0.25, 0.3) is 27.2 Å². The van der Waals surface area contributed by atoms with Crippen LogP contribution in [0.5, 0.6) is 11.5 Å². The Morgan fingerprint density at radius 2 is 1.76 bits per heavy atom. The third-order valence-corrected chi connectivity index (χ3v) is 6.41. The zero-order valence-corrected chi connectivity index (χ0v) is 18.9. The molecular weight excluding hydrogens is 438 g/mol. The number of para-hydroxylation sites is 2. The summed E-state index contributed by atoms with van der Waals surface area (Å²) in [4.78, 5) is 30.0. The molecule has 5 rings (SSSR count). The van der Waals surface area contributed by atoms with Gasteiger partial charge in [0.25, 0.3) is 5.56 Å². The Bertz CT molecular complexity index is 1560. The lowest BCUT2D eigenvalue weighted by atomic mass is 10.1. The quantitative estimate of drug-likeness (QED) is 0.411. The van der Waals surface area contributed by atoms with Crippen molar-refractivity contribution < 1.29 is 9.47 Å². The standard InChI is InChI=1S/C25H21N3O4S/c1-31-21-10-9-16(12-22(21)32-2)14-27-15-17(13-18(24(27)29)23-8-5-11-33-23)28-20-7-4-3-6-19(20)26-25(28)30/h3-13,15H,14H2,1-2H3,(H,26,30). The van der Waals surface area contributed by atoms with E-state index in [9.17, 15) is 9.59 Å². The van der Waals surface area contributed by atoms with Crippen LogP contribution in [0, 0.1) is 0 Å². The number of imidazole rings is 1. The minimum atomic E-state index is -0.260. The lowest BCUT2D eigenvalue weighted by Gasteiger charge is -2.14. The van der Waals surface area contributed by atoms with Crippen molar-refractivity contribution in [2.24, 2.45) is 0 Å². The maximum absolute atomic E-state index is 13.4. The van der Waals surface area contributed by atoms with E-state index in [1.807, 2.05) is 60.0 Å². The summed E-state index contributed by atoms with van der Waals surface area (Å²) in [6.45, 7) is 0.308. The van der Waals surface area contributed by atoms with Gasteiger partial charge >= 0.3 is 5.69 Å². The first-order valence-corrected chi connectivity index (χ1v) is 11.2. The van der Waals surface area contributed by atoms with Crippen LogP contribution in [0.3, 0.4) is 0 Å². The zero-order chi connectivity index (χ0) is 22.9. The van der Waals surface area contributed by atoms with Crippen molar-refractivity contribution in [1.29, 1.82) is 0 Å². The number of hydrogen-bond acceptors (Lipinski definition) is 5. The van der Waals surface area contributed by atoms with Crippen molar-refractivity contribution in [3.05, 3.63) is 98.6 Å². The average molecular weight is 460 g/mol. The second kappa shape index (κ2) is 8.48. The number of benzene rings is 2. The molecule has 0 saturated carbocycles. The third kappa shape index (κ3) is 3.74. The Kier molecular flexibility index (Phi) is 5.35. The van der Waals surface area contributed by atoms with Crippen molar-refractivity contribution in [1.82, 2.24) is 14.1 Å². The average Bonchev–Trinajstić information content (AvgIpc) is 3.47. The fraction of sp³-hybridized carbons (Fsp3) is 0.120. The molecule has 3 aromatic heterocycles. The summed E-state index contributed by atoms with van der Waals surface area (Å²) in [5.74, 6) is 1.21. The number of aromatic amines is 1. The Labute approximate surface area is 193 Å². The molecule has 0 saturated heterocycles. The molecule has 0 fully saturated rings. The van der Waals surface area contributed by atoms with Gasteiger partial charge in [-0.05, 0) is 47.3 Å². The SMILES string of the molecule is COc1ccc(Cn2cc(-n3c(=O)[nH]c4ccccc43)cc(-c3cccs3)c2=O)cc1OC. The maximum Gasteiger partial charge on any atom is 0.331 e. The Morgan fingerprint density at radius 3 is 2.52 bits per heavy atom. The molecule has 0 aliphatic heterocycles. The maximum atomic E-state index is 13.4. The minimum absolute atomic E-state index is 0.135. The number of nitrogens with zero attached hydrogens (tertiary/aromatic N) is 2. The summed E-state index contributed by atoms with van der Waals surface area (Å²) < 4.78 is 14.0. The summed E-state index contributed by atoms with van der Waals surface area (Å²) >= 11 is 1.48. The summed E-state index contributed by atoms with van der Waals surface area (Å²) in [6.07, 6.45) is 1.72. The van der Waals surface area contributed by atoms with Gasteiger partial charge in [-0.2, -0.15) is 0 Å². The zero-order valence-electron chi connectivity index (χ0n) is 18.1. The third-order valence-electron chi connectivity index (χ3n) is 5.51. The van der Waals surface area contributed by atoms with Crippen LogP contribution >= 0.6 is 11.3 Å². The molecule has 7 nitrogen and oxygen atoms in total. The molecule has 0 aliphatic carbocycles. The minimum Gasteiger partial charge on any atom is -0.493 e. The highest BCUT2D eigenvalue weighted by atomic mass is 32.1. The lowest BCUT2D eigenvalue weighted by molar-refractivity contribution is 0.354. The summed E-state index contributed by atoms with van der Waals surface area (Å²) in [7, 11) is 3.16. The number of aromatic nitrogens is 3. The lowest BCUT2D eigenvalue weighted by Crippen LogP contribution is -2.24. The summed E-state index contributed by atoms with van der Waals surface area (Å²) in [6, 6.07) is 18.6. The van der Waals surface area contributed by atoms with Gasteiger partial charge in [0.2, 0.25) is 0 Å². The number of hydrogen-bond donors (Lipinski definition) is 1. The van der Waals surface area contributed by atoms with Gasteiger partial charge in [-0.3, -0.25) is 9.36 Å². The first-order chi connectivity index (χ1) is 16.1. The normalized spacial score (nSPS) is 11.1. The number of methoxy groups -OCH3 is 2. The van der Waals surface area contributed by atoms with Gasteiger partial charge in [0.15, 0.2) is 11.5 Å². The first-order valence-electron chi connectivity index (χ1n) is 10.3. The van der Waals surface area contributed by atoms with E-state index >= 15 is 0 Å². The van der Waals surface area contributed by atoms with E-state index in [1.54, 1.807) is 35.6 Å². The van der Waals surface area contributed by atoms with Crippen LogP contribution in [-0.4, -0.2) is 28.3 Å². The van der Waals surface area contributed by atoms with Crippen LogP contribution in [0.1, 0.15) is 5.56 Å². The van der Waals surface area contributed by atoms with Crippen LogP contribution < -0.4 is 20.7 Å². The van der Waals surface area contributed by atoms with Crippen molar-refractivity contribution in [3.8, 4) is 27.6 Å². The molecule has 0 amide bonds. The molecule has 0 radical (unpaired) electrons. The first kappa shape index (κ1) is 20.8. The van der Waals surface area contributed by atoms with Gasteiger partial charge in [0.1, 0.15) is 0 Å². The van der Waals surface area contributed by atoms with E-state index in [-0.39, 0.29) is 11.2 Å². The predicted octanol–water partition coefficient (Wildman–Crippen LogP) is 4.27. The van der Waals surface area contributed by atoms with E-state index in [0.29, 0.717) is 29.3 Å². The molecule has 5 aromatic rings. The molecule has 0 spiro atoms. The van der Waals surface area contributed by atoms with Gasteiger partial charge in [-0.1, -0.05) is 24.3 Å². The summed E-state index contributed by atoms with van der Waals surface area (Å²) in [5, 5.41) is 1.93. The molecule has 0 bridgehead atoms. The number of ether oxygens (including phenoxy) is 2. The largest absolute Gasteiger partial charge is 0.493 e. The van der Waals surface area contributed by atoms with Crippen LogP contribution in [0.15, 0.2) is 81.8 Å². The van der Waals surface area contributed by atoms with Crippen LogP contribution in [0.4, 0.5) is 0 Å². The Hall–Kier alpha value is -4.04. The molecule has 166 valence electrons. The van der Waals surface area contributed by atoms with E-state index in [0.717, 1.165) is 21.5 Å².